The molecule has 7 heteroatoms. The maximum absolute atomic E-state index is 14.1. The van der Waals surface area contributed by atoms with Gasteiger partial charge in [-0.05, 0) is 63.9 Å². The molecule has 30 heavy (non-hydrogen) atoms. The lowest BCUT2D eigenvalue weighted by Crippen LogP contribution is -2.47. The first kappa shape index (κ1) is 21.2. The third-order valence-corrected chi connectivity index (χ3v) is 7.49. The second-order valence-electron chi connectivity index (χ2n) is 8.26. The smallest absolute Gasteiger partial charge is 0.265 e. The van der Waals surface area contributed by atoms with Gasteiger partial charge < -0.3 is 14.5 Å². The van der Waals surface area contributed by atoms with Crippen LogP contribution in [0.1, 0.15) is 53.9 Å². The van der Waals surface area contributed by atoms with Crippen LogP contribution in [0.15, 0.2) is 18.2 Å². The highest BCUT2D eigenvalue weighted by molar-refractivity contribution is 7.17. The number of nitrogens with zero attached hydrogens (tertiary/aromatic N) is 3. The number of halogens is 1. The lowest BCUT2D eigenvalue weighted by molar-refractivity contribution is 0.0626. The van der Waals surface area contributed by atoms with Crippen LogP contribution < -0.4 is 4.74 Å². The molecule has 0 spiro atoms. The Kier molecular flexibility index (Phi) is 6.68. The number of aryl methyl sites for hydroxylation is 1. The van der Waals surface area contributed by atoms with Crippen molar-refractivity contribution < 1.29 is 13.9 Å². The molecule has 2 aliphatic rings. The molecule has 5 nitrogen and oxygen atoms in total. The first-order valence-electron chi connectivity index (χ1n) is 10.9. The van der Waals surface area contributed by atoms with Crippen LogP contribution in [0.3, 0.4) is 0 Å². The molecule has 0 atom stereocenters. The van der Waals surface area contributed by atoms with E-state index in [4.69, 9.17) is 4.74 Å². The van der Waals surface area contributed by atoms with Crippen LogP contribution in [-0.2, 0) is 0 Å². The van der Waals surface area contributed by atoms with Gasteiger partial charge in [0.15, 0.2) is 11.6 Å². The Labute approximate surface area is 181 Å². The molecule has 0 N–H and O–H groups in total. The Balaban J connectivity index is 1.42. The van der Waals surface area contributed by atoms with Crippen LogP contribution >= 0.6 is 11.3 Å². The monoisotopic (exact) mass is 431 g/mol. The average Bonchev–Trinajstić information content (AvgIpc) is 2.97. The van der Waals surface area contributed by atoms with Crippen LogP contribution in [-0.4, -0.2) is 60.0 Å². The lowest BCUT2D eigenvalue weighted by Gasteiger charge is -2.38. The quantitative estimate of drug-likeness (QED) is 0.701. The maximum Gasteiger partial charge on any atom is 0.265 e. The zero-order valence-electron chi connectivity index (χ0n) is 17.8. The SMILES string of the molecule is COc1ccc(-c2nc(C)c(C(=O)N3CCC(N4CCCCCC4)CC3)s2)cc1F. The van der Waals surface area contributed by atoms with Crippen molar-refractivity contribution in [3.8, 4) is 16.3 Å². The number of amides is 1. The van der Waals surface area contributed by atoms with Gasteiger partial charge in [0.2, 0.25) is 0 Å². The summed E-state index contributed by atoms with van der Waals surface area (Å²) in [6, 6.07) is 5.39. The van der Waals surface area contributed by atoms with E-state index in [-0.39, 0.29) is 11.7 Å². The number of methoxy groups -OCH3 is 1. The molecule has 1 aromatic heterocycles. The summed E-state index contributed by atoms with van der Waals surface area (Å²) >= 11 is 1.35. The van der Waals surface area contributed by atoms with Gasteiger partial charge in [-0.3, -0.25) is 4.79 Å². The summed E-state index contributed by atoms with van der Waals surface area (Å²) in [7, 11) is 1.44. The number of aromatic nitrogens is 1. The number of likely N-dealkylation sites (tertiary alicyclic amines) is 2. The Morgan fingerprint density at radius 3 is 2.47 bits per heavy atom. The standard InChI is InChI=1S/C23H30FN3O2S/c1-16-21(30-22(25-16)17-7-8-20(29-2)19(24)15-17)23(28)27-13-9-18(10-14-27)26-11-5-3-4-6-12-26/h7-8,15,18H,3-6,9-14H2,1-2H3. The minimum atomic E-state index is -0.425. The lowest BCUT2D eigenvalue weighted by atomic mass is 10.0. The minimum absolute atomic E-state index is 0.0551. The van der Waals surface area contributed by atoms with Gasteiger partial charge in [0.05, 0.1) is 12.8 Å². The summed E-state index contributed by atoms with van der Waals surface area (Å²) in [5, 5.41) is 0.664. The molecule has 3 heterocycles. The molecule has 162 valence electrons. The molecule has 2 fully saturated rings. The molecular formula is C23H30FN3O2S. The Hall–Kier alpha value is -1.99. The molecule has 0 aliphatic carbocycles. The molecule has 4 rings (SSSR count). The fourth-order valence-electron chi connectivity index (χ4n) is 4.56. The van der Waals surface area contributed by atoms with E-state index in [9.17, 15) is 9.18 Å². The van der Waals surface area contributed by atoms with E-state index in [1.807, 2.05) is 11.8 Å². The van der Waals surface area contributed by atoms with Gasteiger partial charge in [-0.15, -0.1) is 11.3 Å². The molecule has 0 saturated carbocycles. The van der Waals surface area contributed by atoms with Crippen LogP contribution in [0.5, 0.6) is 5.75 Å². The Morgan fingerprint density at radius 2 is 1.83 bits per heavy atom. The van der Waals surface area contributed by atoms with E-state index in [0.29, 0.717) is 27.2 Å². The van der Waals surface area contributed by atoms with Crippen LogP contribution in [0, 0.1) is 12.7 Å². The van der Waals surface area contributed by atoms with E-state index in [1.165, 1.54) is 63.3 Å². The van der Waals surface area contributed by atoms with Gasteiger partial charge in [-0.1, -0.05) is 12.8 Å². The molecule has 0 radical (unpaired) electrons. The topological polar surface area (TPSA) is 45.7 Å². The minimum Gasteiger partial charge on any atom is -0.494 e. The first-order chi connectivity index (χ1) is 14.6. The van der Waals surface area contributed by atoms with E-state index >= 15 is 0 Å². The fraction of sp³-hybridized carbons (Fsp3) is 0.565. The van der Waals surface area contributed by atoms with Crippen molar-refractivity contribution in [3.05, 3.63) is 34.6 Å². The Bertz CT molecular complexity index is 885. The number of hydrogen-bond donors (Lipinski definition) is 0. The number of carbonyl (C=O) groups is 1. The summed E-state index contributed by atoms with van der Waals surface area (Å²) < 4.78 is 19.1. The highest BCUT2D eigenvalue weighted by atomic mass is 32.1. The summed E-state index contributed by atoms with van der Waals surface area (Å²) in [4.78, 5) is 23.0. The molecular weight excluding hydrogens is 401 g/mol. The van der Waals surface area contributed by atoms with Crippen molar-refractivity contribution in [2.45, 2.75) is 51.5 Å². The zero-order valence-corrected chi connectivity index (χ0v) is 18.6. The molecule has 0 unspecified atom stereocenters. The van der Waals surface area contributed by atoms with Gasteiger partial charge in [0.1, 0.15) is 9.88 Å². The molecule has 2 aliphatic heterocycles. The van der Waals surface area contributed by atoms with Crippen molar-refractivity contribution >= 4 is 17.2 Å². The molecule has 1 aromatic carbocycles. The summed E-state index contributed by atoms with van der Waals surface area (Å²) in [5.41, 5.74) is 1.38. The number of hydrogen-bond acceptors (Lipinski definition) is 5. The summed E-state index contributed by atoms with van der Waals surface area (Å²) in [6.45, 7) is 5.85. The molecule has 0 bridgehead atoms. The second-order valence-corrected chi connectivity index (χ2v) is 9.26. The predicted molar refractivity (Wildman–Crippen MR) is 118 cm³/mol. The van der Waals surface area contributed by atoms with E-state index < -0.39 is 5.82 Å². The van der Waals surface area contributed by atoms with E-state index in [0.717, 1.165) is 25.9 Å². The molecule has 2 saturated heterocycles. The number of ether oxygens (including phenoxy) is 1. The van der Waals surface area contributed by atoms with Crippen molar-refractivity contribution in [2.24, 2.45) is 0 Å². The predicted octanol–water partition coefficient (Wildman–Crippen LogP) is 4.75. The van der Waals surface area contributed by atoms with Gasteiger partial charge in [0, 0.05) is 24.7 Å². The fourth-order valence-corrected chi connectivity index (χ4v) is 5.59. The van der Waals surface area contributed by atoms with Crippen LogP contribution in [0.25, 0.3) is 10.6 Å². The van der Waals surface area contributed by atoms with Gasteiger partial charge in [0.25, 0.3) is 5.91 Å². The summed E-state index contributed by atoms with van der Waals surface area (Å²) in [6.07, 6.45) is 7.37. The van der Waals surface area contributed by atoms with Gasteiger partial charge in [-0.25, -0.2) is 9.37 Å². The van der Waals surface area contributed by atoms with E-state index in [2.05, 4.69) is 9.88 Å². The zero-order chi connectivity index (χ0) is 21.1. The van der Waals surface area contributed by atoms with Crippen LogP contribution in [0.4, 0.5) is 4.39 Å². The number of carbonyl (C=O) groups excluding carboxylic acids is 1. The number of thiazole rings is 1. The Morgan fingerprint density at radius 1 is 1.13 bits per heavy atom. The summed E-state index contributed by atoms with van der Waals surface area (Å²) in [5.74, 6) is -0.165. The molecule has 2 aromatic rings. The third kappa shape index (κ3) is 4.52. The highest BCUT2D eigenvalue weighted by Crippen LogP contribution is 2.32. The van der Waals surface area contributed by atoms with Crippen molar-refractivity contribution in [1.29, 1.82) is 0 Å². The number of rotatable bonds is 4. The van der Waals surface area contributed by atoms with Crippen molar-refractivity contribution in [2.75, 3.05) is 33.3 Å². The average molecular weight is 432 g/mol. The van der Waals surface area contributed by atoms with Crippen molar-refractivity contribution in [3.63, 3.8) is 0 Å². The number of benzene rings is 1. The first-order valence-corrected chi connectivity index (χ1v) is 11.7. The molecule has 1 amide bonds. The third-order valence-electron chi connectivity index (χ3n) is 6.30. The maximum atomic E-state index is 14.1. The van der Waals surface area contributed by atoms with Gasteiger partial charge >= 0.3 is 0 Å². The van der Waals surface area contributed by atoms with Crippen molar-refractivity contribution in [1.82, 2.24) is 14.8 Å². The highest BCUT2D eigenvalue weighted by Gasteiger charge is 2.29. The van der Waals surface area contributed by atoms with Gasteiger partial charge in [-0.2, -0.15) is 0 Å². The van der Waals surface area contributed by atoms with Crippen LogP contribution in [0.2, 0.25) is 0 Å². The number of piperidine rings is 1. The normalized spacial score (nSPS) is 19.0. The largest absolute Gasteiger partial charge is 0.494 e. The second kappa shape index (κ2) is 9.43. The van der Waals surface area contributed by atoms with E-state index in [1.54, 1.807) is 12.1 Å².